The Hall–Kier alpha value is 1.38. The Morgan fingerprint density at radius 2 is 0.957 bits per heavy atom. The summed E-state index contributed by atoms with van der Waals surface area (Å²) < 4.78 is 0. The van der Waals surface area contributed by atoms with Crippen LogP contribution in [0.15, 0.2) is 0 Å². The van der Waals surface area contributed by atoms with Gasteiger partial charge in [-0.2, -0.15) is 26.7 Å². The molecule has 3 aliphatic rings. The molecule has 0 nitrogen and oxygen atoms in total. The van der Waals surface area contributed by atoms with Gasteiger partial charge in [-0.25, -0.2) is 0 Å². The summed E-state index contributed by atoms with van der Waals surface area (Å²) in [7, 11) is 0.613. The van der Waals surface area contributed by atoms with Crippen LogP contribution in [-0.2, 0) is 17.1 Å². The molecule has 0 spiro atoms. The summed E-state index contributed by atoms with van der Waals surface area (Å²) >= 11 is 0. The van der Waals surface area contributed by atoms with Crippen molar-refractivity contribution in [2.75, 3.05) is 0 Å². The second-order valence-electron chi connectivity index (χ2n) is 7.95. The molecule has 3 rings (SSSR count). The Morgan fingerprint density at radius 1 is 0.696 bits per heavy atom. The molecule has 2 aliphatic heterocycles. The Bertz CT molecular complexity index is 297. The molecule has 2 unspecified atom stereocenters. The van der Waals surface area contributed by atoms with Crippen molar-refractivity contribution in [3.8, 4) is 0 Å². The molecule has 23 heavy (non-hydrogen) atoms. The summed E-state index contributed by atoms with van der Waals surface area (Å²) in [4.78, 5) is 0. The number of rotatable bonds is 2. The summed E-state index contributed by atoms with van der Waals surface area (Å²) in [5.41, 5.74) is 6.46. The van der Waals surface area contributed by atoms with E-state index < -0.39 is 0 Å². The zero-order chi connectivity index (χ0) is 16.4. The monoisotopic (exact) mass is 396 g/mol. The van der Waals surface area contributed by atoms with Crippen LogP contribution in [0.1, 0.15) is 80.1 Å². The van der Waals surface area contributed by atoms with Crippen LogP contribution < -0.4 is 0 Å². The molecule has 1 saturated carbocycles. The van der Waals surface area contributed by atoms with E-state index in [1.165, 1.54) is 38.5 Å². The van der Waals surface area contributed by atoms with Crippen molar-refractivity contribution in [3.05, 3.63) is 12.8 Å². The molecule has 0 radical (unpaired) electrons. The van der Waals surface area contributed by atoms with Gasteiger partial charge in [-0.05, 0) is 59.6 Å². The van der Waals surface area contributed by atoms with E-state index in [0.717, 1.165) is 34.0 Å². The zero-order valence-electron chi connectivity index (χ0n) is 16.2. The molecule has 0 amide bonds. The Labute approximate surface area is 159 Å². The van der Waals surface area contributed by atoms with Crippen LogP contribution in [0.25, 0.3) is 0 Å². The van der Waals surface area contributed by atoms with E-state index in [0.29, 0.717) is 15.8 Å². The van der Waals surface area contributed by atoms with Crippen molar-refractivity contribution in [2.45, 2.75) is 114 Å². The number of hydrogen-bond acceptors (Lipinski definition) is 0. The maximum Gasteiger partial charge on any atom is 2.00 e. The van der Waals surface area contributed by atoms with E-state index in [2.05, 4.69) is 41.5 Å². The summed E-state index contributed by atoms with van der Waals surface area (Å²) in [5.74, 6) is 1.85. The van der Waals surface area contributed by atoms with Gasteiger partial charge in [0.25, 0.3) is 0 Å². The molecule has 0 bridgehead atoms. The van der Waals surface area contributed by atoms with Crippen LogP contribution in [0.3, 0.4) is 0 Å². The van der Waals surface area contributed by atoms with Crippen molar-refractivity contribution in [1.82, 2.24) is 0 Å². The van der Waals surface area contributed by atoms with Gasteiger partial charge in [-0.3, -0.25) is 0 Å². The standard InChI is InChI=1S/C18H33P2.C2H5.Fe/c1-12-10-17(19-13(2)6-7-14(19)3)18(11-12)20-15(4)8-9-16(20)5;1-2;/h13-18H,6-11H2,1-5H3;1H2,2H3;/q2*-1;+2/t13-,14-,15-,16-,17?,18?;;/m1../s1. The largest absolute Gasteiger partial charge is 2.00 e. The molecular weight excluding hydrogens is 358 g/mol. The fourth-order valence-corrected chi connectivity index (χ4v) is 14.5. The fourth-order valence-electron chi connectivity index (χ4n) is 5.42. The van der Waals surface area contributed by atoms with Gasteiger partial charge >= 0.3 is 17.1 Å². The summed E-state index contributed by atoms with van der Waals surface area (Å²) in [6.07, 6.45) is 9.11. The van der Waals surface area contributed by atoms with Crippen LogP contribution in [0, 0.1) is 12.8 Å². The second-order valence-corrected chi connectivity index (χ2v) is 14.6. The van der Waals surface area contributed by atoms with Crippen LogP contribution in [-0.4, -0.2) is 34.0 Å². The summed E-state index contributed by atoms with van der Waals surface area (Å²) in [5, 5.41) is 0. The Morgan fingerprint density at radius 3 is 1.22 bits per heavy atom. The quantitative estimate of drug-likeness (QED) is 0.266. The first-order chi connectivity index (χ1) is 10.5. The molecule has 2 saturated heterocycles. The predicted octanol–water partition coefficient (Wildman–Crippen LogP) is 7.06. The minimum atomic E-state index is 0. The van der Waals surface area contributed by atoms with Gasteiger partial charge in [0.1, 0.15) is 0 Å². The molecule has 0 aromatic rings. The zero-order valence-corrected chi connectivity index (χ0v) is 19.1. The molecule has 136 valence electrons. The third kappa shape index (κ3) is 4.76. The first-order valence-electron chi connectivity index (χ1n) is 9.56. The summed E-state index contributed by atoms with van der Waals surface area (Å²) in [6.45, 7) is 17.8. The predicted molar refractivity (Wildman–Crippen MR) is 107 cm³/mol. The third-order valence-electron chi connectivity index (χ3n) is 6.37. The minimum absolute atomic E-state index is 0. The smallest absolute Gasteiger partial charge is 0.346 e. The SMILES string of the molecule is C[C-]1CC(P2[C@H](C)CC[C@H]2C)C(P2[C@H](C)CC[C@H]2C)C1.[CH2-]C.[Fe+2]. The molecule has 3 heteroatoms. The maximum absolute atomic E-state index is 3.25. The Balaban J connectivity index is 0.000000849. The van der Waals surface area contributed by atoms with E-state index in [1.807, 2.05) is 5.92 Å². The van der Waals surface area contributed by atoms with E-state index in [-0.39, 0.29) is 17.1 Å². The van der Waals surface area contributed by atoms with Gasteiger partial charge in [0.05, 0.1) is 0 Å². The van der Waals surface area contributed by atoms with Gasteiger partial charge in [-0.1, -0.05) is 43.5 Å². The van der Waals surface area contributed by atoms with Crippen molar-refractivity contribution >= 4 is 15.8 Å². The molecule has 1 aliphatic carbocycles. The molecule has 0 N–H and O–H groups in total. The van der Waals surface area contributed by atoms with Gasteiger partial charge in [0.15, 0.2) is 0 Å². The van der Waals surface area contributed by atoms with Gasteiger partial charge in [0.2, 0.25) is 0 Å². The Kier molecular flexibility index (Phi) is 9.66. The molecular formula is C20H38FeP2. The van der Waals surface area contributed by atoms with E-state index in [1.54, 1.807) is 6.92 Å². The van der Waals surface area contributed by atoms with Gasteiger partial charge < -0.3 is 12.8 Å². The molecule has 6 atom stereocenters. The van der Waals surface area contributed by atoms with Crippen LogP contribution in [0.5, 0.6) is 0 Å². The van der Waals surface area contributed by atoms with Crippen molar-refractivity contribution in [2.24, 2.45) is 0 Å². The normalized spacial score (nSPS) is 42.4. The fraction of sp³-hybridized carbons (Fsp3) is 0.900. The average molecular weight is 396 g/mol. The van der Waals surface area contributed by atoms with Crippen LogP contribution in [0.4, 0.5) is 0 Å². The van der Waals surface area contributed by atoms with Crippen LogP contribution in [0.2, 0.25) is 0 Å². The van der Waals surface area contributed by atoms with Crippen molar-refractivity contribution < 1.29 is 17.1 Å². The van der Waals surface area contributed by atoms with E-state index in [9.17, 15) is 0 Å². The number of hydrogen-bond donors (Lipinski definition) is 0. The van der Waals surface area contributed by atoms with Crippen molar-refractivity contribution in [3.63, 3.8) is 0 Å². The summed E-state index contributed by atoms with van der Waals surface area (Å²) in [6, 6.07) is 0. The first kappa shape index (κ1) is 22.4. The van der Waals surface area contributed by atoms with Gasteiger partial charge in [-0.15, -0.1) is 0 Å². The first-order valence-corrected chi connectivity index (χ1v) is 12.7. The topological polar surface area (TPSA) is 0 Å². The maximum atomic E-state index is 3.25. The van der Waals surface area contributed by atoms with Gasteiger partial charge in [0, 0.05) is 0 Å². The molecule has 0 aromatic carbocycles. The average Bonchev–Trinajstić information content (AvgIpc) is 3.12. The molecule has 0 aromatic heterocycles. The second kappa shape index (κ2) is 9.91. The minimum Gasteiger partial charge on any atom is -0.346 e. The van der Waals surface area contributed by atoms with Crippen molar-refractivity contribution in [1.29, 1.82) is 0 Å². The molecule has 3 fully saturated rings. The van der Waals surface area contributed by atoms with E-state index in [4.69, 9.17) is 0 Å². The third-order valence-corrected chi connectivity index (χ3v) is 14.3. The van der Waals surface area contributed by atoms with Crippen LogP contribution >= 0.6 is 15.8 Å². The molecule has 2 heterocycles. The van der Waals surface area contributed by atoms with E-state index >= 15 is 0 Å².